The van der Waals surface area contributed by atoms with Crippen LogP contribution in [0, 0.1) is 24.0 Å². The fraction of sp³-hybridized carbons (Fsp3) is 0.133. The van der Waals surface area contributed by atoms with Gasteiger partial charge < -0.3 is 5.32 Å². The van der Waals surface area contributed by atoms with Gasteiger partial charge in [-0.3, -0.25) is 14.7 Å². The third-order valence-electron chi connectivity index (χ3n) is 3.59. The van der Waals surface area contributed by atoms with Crippen molar-refractivity contribution in [2.45, 2.75) is 13.8 Å². The first-order chi connectivity index (χ1) is 11.1. The van der Waals surface area contributed by atoms with Crippen LogP contribution in [0.15, 0.2) is 43.2 Å². The molecule has 2 aromatic heterocycles. The molecule has 0 bridgehead atoms. The van der Waals surface area contributed by atoms with E-state index in [0.29, 0.717) is 0 Å². The lowest BCUT2D eigenvalue weighted by atomic mass is 10.1. The van der Waals surface area contributed by atoms with E-state index in [4.69, 9.17) is 0 Å². The van der Waals surface area contributed by atoms with Gasteiger partial charge in [0.05, 0.1) is 4.92 Å². The number of aryl methyl sites for hydroxylation is 1. The number of nitrogens with zero attached hydrogens (tertiary/aromatic N) is 5. The minimum absolute atomic E-state index is 0.141. The molecule has 23 heavy (non-hydrogen) atoms. The summed E-state index contributed by atoms with van der Waals surface area (Å²) in [4.78, 5) is 23.0. The molecule has 0 unspecified atom stereocenters. The molecule has 0 aliphatic rings. The van der Waals surface area contributed by atoms with Crippen molar-refractivity contribution in [3.05, 3.63) is 64.5 Å². The maximum Gasteiger partial charge on any atom is 0.354 e. The largest absolute Gasteiger partial charge is 0.354 e. The van der Waals surface area contributed by atoms with Crippen LogP contribution in [0.5, 0.6) is 0 Å². The molecular weight excluding hydrogens is 296 g/mol. The summed E-state index contributed by atoms with van der Waals surface area (Å²) >= 11 is 0. The number of rotatable bonds is 4. The second-order valence-electron chi connectivity index (χ2n) is 4.99. The monoisotopic (exact) mass is 310 g/mol. The average molecular weight is 310 g/mol. The van der Waals surface area contributed by atoms with E-state index >= 15 is 0 Å². The van der Waals surface area contributed by atoms with Crippen LogP contribution < -0.4 is 5.32 Å². The van der Waals surface area contributed by atoms with Crippen molar-refractivity contribution in [3.63, 3.8) is 0 Å². The highest BCUT2D eigenvalue weighted by molar-refractivity contribution is 5.72. The first-order valence-corrected chi connectivity index (χ1v) is 6.89. The van der Waals surface area contributed by atoms with Gasteiger partial charge in [0.2, 0.25) is 11.6 Å². The molecule has 0 radical (unpaired) electrons. The normalized spacial score (nSPS) is 10.5. The van der Waals surface area contributed by atoms with Gasteiger partial charge in [0.15, 0.2) is 0 Å². The van der Waals surface area contributed by atoms with Crippen LogP contribution in [0.2, 0.25) is 0 Å². The zero-order valence-corrected chi connectivity index (χ0v) is 12.6. The molecule has 0 fully saturated rings. The Labute approximate surface area is 132 Å². The Kier molecular flexibility index (Phi) is 3.71. The molecule has 0 spiro atoms. The Bertz CT molecular complexity index is 860. The quantitative estimate of drug-likeness (QED) is 0.587. The summed E-state index contributed by atoms with van der Waals surface area (Å²) in [6, 6.07) is 5.71. The third kappa shape index (κ3) is 2.73. The molecule has 3 rings (SSSR count). The minimum atomic E-state index is -0.497. The molecule has 3 aromatic rings. The molecule has 8 nitrogen and oxygen atoms in total. The number of benzene rings is 1. The van der Waals surface area contributed by atoms with Crippen molar-refractivity contribution in [2.24, 2.45) is 0 Å². The highest BCUT2D eigenvalue weighted by Gasteiger charge is 2.24. The van der Waals surface area contributed by atoms with E-state index in [1.165, 1.54) is 23.4 Å². The van der Waals surface area contributed by atoms with Crippen molar-refractivity contribution >= 4 is 17.2 Å². The number of aromatic nitrogens is 4. The maximum absolute atomic E-state index is 11.5. The summed E-state index contributed by atoms with van der Waals surface area (Å²) in [7, 11) is 0. The number of hydrogen-bond acceptors (Lipinski definition) is 6. The van der Waals surface area contributed by atoms with E-state index in [9.17, 15) is 10.1 Å². The Morgan fingerprint density at radius 1 is 1.26 bits per heavy atom. The maximum atomic E-state index is 11.5. The van der Waals surface area contributed by atoms with Gasteiger partial charge >= 0.3 is 5.69 Å². The zero-order valence-electron chi connectivity index (χ0n) is 12.6. The van der Waals surface area contributed by atoms with Gasteiger partial charge in [0.1, 0.15) is 12.7 Å². The fourth-order valence-corrected chi connectivity index (χ4v) is 2.22. The summed E-state index contributed by atoms with van der Waals surface area (Å²) < 4.78 is 1.48. The van der Waals surface area contributed by atoms with Gasteiger partial charge in [-0.25, -0.2) is 15.0 Å². The first kappa shape index (κ1) is 14.6. The number of imidazole rings is 1. The predicted molar refractivity (Wildman–Crippen MR) is 85.0 cm³/mol. The van der Waals surface area contributed by atoms with Gasteiger partial charge in [-0.05, 0) is 31.0 Å². The van der Waals surface area contributed by atoms with Gasteiger partial charge in [0, 0.05) is 18.1 Å². The van der Waals surface area contributed by atoms with Gasteiger partial charge in [0.25, 0.3) is 0 Å². The van der Waals surface area contributed by atoms with Crippen molar-refractivity contribution in [3.8, 4) is 5.82 Å². The fourth-order valence-electron chi connectivity index (χ4n) is 2.22. The Hall–Kier alpha value is -3.29. The van der Waals surface area contributed by atoms with Crippen LogP contribution >= 0.6 is 0 Å². The lowest BCUT2D eigenvalue weighted by Gasteiger charge is -2.12. The molecule has 8 heteroatoms. The van der Waals surface area contributed by atoms with Crippen LogP contribution in [0.3, 0.4) is 0 Å². The molecule has 2 heterocycles. The molecular formula is C15H14N6O2. The van der Waals surface area contributed by atoms with Crippen LogP contribution in [0.1, 0.15) is 11.1 Å². The van der Waals surface area contributed by atoms with E-state index in [1.807, 2.05) is 32.0 Å². The molecule has 0 atom stereocenters. The molecule has 0 saturated carbocycles. The molecule has 0 aliphatic heterocycles. The summed E-state index contributed by atoms with van der Waals surface area (Å²) in [5, 5.41) is 14.6. The standard InChI is InChI=1S/C15H14N6O2/c1-10-4-3-5-12(11(10)2)19-14-13(21(22)23)15(18-8-17-14)20-7-6-16-9-20/h3-9H,1-2H3,(H,17,18,19). The molecule has 116 valence electrons. The van der Waals surface area contributed by atoms with Crippen molar-refractivity contribution in [2.75, 3.05) is 5.32 Å². The van der Waals surface area contributed by atoms with Crippen molar-refractivity contribution in [1.29, 1.82) is 0 Å². The SMILES string of the molecule is Cc1cccc(Nc2ncnc(-n3ccnc3)c2[N+](=O)[O-])c1C. The van der Waals surface area contributed by atoms with E-state index in [1.54, 1.807) is 6.20 Å². The Balaban J connectivity index is 2.11. The summed E-state index contributed by atoms with van der Waals surface area (Å²) in [5.74, 6) is 0.303. The van der Waals surface area contributed by atoms with E-state index < -0.39 is 4.92 Å². The lowest BCUT2D eigenvalue weighted by Crippen LogP contribution is -2.07. The number of nitrogens with one attached hydrogen (secondary N) is 1. The van der Waals surface area contributed by atoms with Crippen LogP contribution in [-0.2, 0) is 0 Å². The molecule has 0 aliphatic carbocycles. The average Bonchev–Trinajstić information content (AvgIpc) is 3.05. The van der Waals surface area contributed by atoms with Crippen LogP contribution in [-0.4, -0.2) is 24.4 Å². The van der Waals surface area contributed by atoms with Gasteiger partial charge in [-0.1, -0.05) is 12.1 Å². The zero-order chi connectivity index (χ0) is 16.4. The van der Waals surface area contributed by atoms with E-state index in [-0.39, 0.29) is 17.3 Å². The Morgan fingerprint density at radius 2 is 2.09 bits per heavy atom. The highest BCUT2D eigenvalue weighted by atomic mass is 16.6. The third-order valence-corrected chi connectivity index (χ3v) is 3.59. The number of nitro groups is 1. The number of hydrogen-bond donors (Lipinski definition) is 1. The molecule has 0 amide bonds. The number of anilines is 2. The topological polar surface area (TPSA) is 98.8 Å². The second kappa shape index (κ2) is 5.84. The highest BCUT2D eigenvalue weighted by Crippen LogP contribution is 2.31. The lowest BCUT2D eigenvalue weighted by molar-refractivity contribution is -0.384. The minimum Gasteiger partial charge on any atom is -0.334 e. The van der Waals surface area contributed by atoms with Crippen LogP contribution in [0.4, 0.5) is 17.2 Å². The van der Waals surface area contributed by atoms with E-state index in [0.717, 1.165) is 16.8 Å². The molecule has 1 aromatic carbocycles. The summed E-state index contributed by atoms with van der Waals surface area (Å²) in [6.45, 7) is 3.92. The van der Waals surface area contributed by atoms with Crippen molar-refractivity contribution < 1.29 is 4.92 Å². The van der Waals surface area contributed by atoms with Crippen LogP contribution in [0.25, 0.3) is 5.82 Å². The van der Waals surface area contributed by atoms with Gasteiger partial charge in [-0.15, -0.1) is 0 Å². The van der Waals surface area contributed by atoms with Gasteiger partial charge in [-0.2, -0.15) is 0 Å². The second-order valence-corrected chi connectivity index (χ2v) is 4.99. The molecule has 1 N–H and O–H groups in total. The molecule has 0 saturated heterocycles. The predicted octanol–water partition coefficient (Wildman–Crippen LogP) is 2.93. The summed E-state index contributed by atoms with van der Waals surface area (Å²) in [6.07, 6.45) is 5.87. The Morgan fingerprint density at radius 3 is 2.78 bits per heavy atom. The smallest absolute Gasteiger partial charge is 0.334 e. The summed E-state index contributed by atoms with van der Waals surface area (Å²) in [5.41, 5.74) is 2.65. The van der Waals surface area contributed by atoms with E-state index in [2.05, 4.69) is 20.3 Å². The first-order valence-electron chi connectivity index (χ1n) is 6.89. The van der Waals surface area contributed by atoms with Crippen molar-refractivity contribution in [1.82, 2.24) is 19.5 Å².